The van der Waals surface area contributed by atoms with Gasteiger partial charge in [0.25, 0.3) is 0 Å². The molecule has 1 amide bonds. The summed E-state index contributed by atoms with van der Waals surface area (Å²) in [6.45, 7) is 7.69. The summed E-state index contributed by atoms with van der Waals surface area (Å²) < 4.78 is 19.0. The number of carbonyl (C=O) groups is 1. The van der Waals surface area contributed by atoms with Gasteiger partial charge < -0.3 is 19.1 Å². The van der Waals surface area contributed by atoms with Crippen LogP contribution < -0.4 is 4.74 Å². The molecule has 2 saturated heterocycles. The van der Waals surface area contributed by atoms with Crippen LogP contribution in [-0.2, 0) is 9.47 Å². The van der Waals surface area contributed by atoms with Gasteiger partial charge in [-0.3, -0.25) is 0 Å². The van der Waals surface area contributed by atoms with Crippen LogP contribution in [-0.4, -0.2) is 57.0 Å². The summed E-state index contributed by atoms with van der Waals surface area (Å²) in [5.74, 6) is 0.624. The van der Waals surface area contributed by atoms with Crippen LogP contribution in [0.3, 0.4) is 0 Å². The maximum atomic E-state index is 12.6. The number of nitrogens with zero attached hydrogens (tertiary/aromatic N) is 3. The lowest BCUT2D eigenvalue weighted by molar-refractivity contribution is -0.0815. The van der Waals surface area contributed by atoms with Gasteiger partial charge in [-0.25, -0.2) is 14.8 Å². The van der Waals surface area contributed by atoms with Crippen molar-refractivity contribution in [3.8, 4) is 5.88 Å². The molecule has 7 nitrogen and oxygen atoms in total. The number of aryl methyl sites for hydroxylation is 1. The third kappa shape index (κ3) is 5.69. The second-order valence-corrected chi connectivity index (χ2v) is 10.9. The first-order valence-electron chi connectivity index (χ1n) is 11.5. The first kappa shape index (κ1) is 22.8. The summed E-state index contributed by atoms with van der Waals surface area (Å²) in [4.78, 5) is 23.3. The third-order valence-electron chi connectivity index (χ3n) is 6.45. The van der Waals surface area contributed by atoms with Gasteiger partial charge in [-0.15, -0.1) is 0 Å². The molecule has 3 fully saturated rings. The molecule has 3 aliphatic rings. The Hall–Kier alpha value is -1.41. The number of amides is 1. The lowest BCUT2D eigenvalue weighted by atomic mass is 9.93. The molecular weight excluding hydrogens is 462 g/mol. The van der Waals surface area contributed by atoms with Gasteiger partial charge in [0, 0.05) is 12.1 Å². The van der Waals surface area contributed by atoms with E-state index in [0.29, 0.717) is 5.88 Å². The minimum atomic E-state index is -0.453. The first-order chi connectivity index (χ1) is 14.7. The van der Waals surface area contributed by atoms with E-state index in [-0.39, 0.29) is 36.5 Å². The second kappa shape index (κ2) is 9.22. The Balaban J connectivity index is 1.24. The van der Waals surface area contributed by atoms with Crippen LogP contribution in [0.4, 0.5) is 4.79 Å². The Morgan fingerprint density at radius 1 is 1.03 bits per heavy atom. The van der Waals surface area contributed by atoms with E-state index in [1.165, 1.54) is 0 Å². The number of hydrogen-bond acceptors (Lipinski definition) is 6. The molecule has 1 aromatic rings. The van der Waals surface area contributed by atoms with Gasteiger partial charge in [-0.2, -0.15) is 0 Å². The predicted molar refractivity (Wildman–Crippen MR) is 120 cm³/mol. The minimum absolute atomic E-state index is 0.164. The molecule has 2 aliphatic heterocycles. The summed E-state index contributed by atoms with van der Waals surface area (Å²) in [7, 11) is 0. The van der Waals surface area contributed by atoms with E-state index in [1.807, 2.05) is 32.6 Å². The summed E-state index contributed by atoms with van der Waals surface area (Å²) in [5.41, 5.74) is 0.352. The highest BCUT2D eigenvalue weighted by Crippen LogP contribution is 2.39. The molecule has 8 heteroatoms. The zero-order valence-electron chi connectivity index (χ0n) is 19.0. The van der Waals surface area contributed by atoms with Crippen molar-refractivity contribution in [2.45, 2.75) is 115 Å². The number of piperidine rings is 1. The average Bonchev–Trinajstić information content (AvgIpc) is 2.95. The number of hydrogen-bond donors (Lipinski definition) is 0. The molecule has 2 bridgehead atoms. The SMILES string of the molecule is Cc1nc(Br)cnc1OC1CCC(OC2C[C@@H]3CC[C@@H](C2)N3C(=O)OC(C)(C)C)CC1. The predicted octanol–water partition coefficient (Wildman–Crippen LogP) is 5.18. The maximum Gasteiger partial charge on any atom is 0.410 e. The summed E-state index contributed by atoms with van der Waals surface area (Å²) in [6.07, 6.45) is 10.0. The van der Waals surface area contributed by atoms with Crippen molar-refractivity contribution in [2.75, 3.05) is 0 Å². The molecule has 31 heavy (non-hydrogen) atoms. The number of aromatic nitrogens is 2. The Kier molecular flexibility index (Phi) is 6.77. The van der Waals surface area contributed by atoms with Gasteiger partial charge in [0.1, 0.15) is 22.0 Å². The van der Waals surface area contributed by atoms with E-state index < -0.39 is 5.60 Å². The van der Waals surface area contributed by atoms with E-state index in [1.54, 1.807) is 6.20 Å². The molecular formula is C23H34BrN3O4. The molecule has 4 rings (SSSR count). The number of fused-ring (bicyclic) bond motifs is 2. The lowest BCUT2D eigenvalue weighted by Gasteiger charge is -2.41. The van der Waals surface area contributed by atoms with E-state index >= 15 is 0 Å². The molecule has 1 saturated carbocycles. The van der Waals surface area contributed by atoms with Crippen LogP contribution in [0.5, 0.6) is 5.88 Å². The van der Waals surface area contributed by atoms with Crippen molar-refractivity contribution in [3.05, 3.63) is 16.5 Å². The van der Waals surface area contributed by atoms with Crippen molar-refractivity contribution >= 4 is 22.0 Å². The van der Waals surface area contributed by atoms with Crippen LogP contribution in [0.25, 0.3) is 0 Å². The fourth-order valence-electron chi connectivity index (χ4n) is 5.13. The van der Waals surface area contributed by atoms with E-state index in [4.69, 9.17) is 14.2 Å². The molecule has 0 aromatic carbocycles. The first-order valence-corrected chi connectivity index (χ1v) is 12.3. The van der Waals surface area contributed by atoms with Gasteiger partial charge in [0.05, 0.1) is 18.4 Å². The minimum Gasteiger partial charge on any atom is -0.473 e. The molecule has 3 heterocycles. The van der Waals surface area contributed by atoms with E-state index in [9.17, 15) is 4.79 Å². The lowest BCUT2D eigenvalue weighted by Crippen LogP contribution is -2.50. The fraction of sp³-hybridized carbons (Fsp3) is 0.783. The van der Waals surface area contributed by atoms with Crippen LogP contribution in [0.2, 0.25) is 0 Å². The molecule has 0 radical (unpaired) electrons. The van der Waals surface area contributed by atoms with Crippen LogP contribution in [0, 0.1) is 6.92 Å². The second-order valence-electron chi connectivity index (χ2n) is 10.1. The highest BCUT2D eigenvalue weighted by molar-refractivity contribution is 9.10. The van der Waals surface area contributed by atoms with Gasteiger partial charge in [-0.1, -0.05) is 0 Å². The monoisotopic (exact) mass is 495 g/mol. The summed E-state index contributed by atoms with van der Waals surface area (Å²) >= 11 is 3.34. The molecule has 172 valence electrons. The standard InChI is InChI=1S/C23H34BrN3O4/c1-14-21(25-13-20(24)26-14)30-18-9-7-17(8-10-18)29-19-11-15-5-6-16(12-19)27(15)22(28)31-23(2,3)4/h13,15-19H,5-12H2,1-4H3/t15-,16-,17?,18?/m0/s1. The Morgan fingerprint density at radius 3 is 2.23 bits per heavy atom. The van der Waals surface area contributed by atoms with E-state index in [2.05, 4.69) is 25.9 Å². The highest BCUT2D eigenvalue weighted by atomic mass is 79.9. The normalized spacial score (nSPS) is 30.9. The fourth-order valence-corrected chi connectivity index (χ4v) is 5.49. The quantitative estimate of drug-likeness (QED) is 0.572. The number of ether oxygens (including phenoxy) is 3. The highest BCUT2D eigenvalue weighted by Gasteiger charge is 2.45. The number of halogens is 1. The van der Waals surface area contributed by atoms with Crippen molar-refractivity contribution in [1.29, 1.82) is 0 Å². The largest absolute Gasteiger partial charge is 0.473 e. The molecule has 1 aromatic heterocycles. The smallest absolute Gasteiger partial charge is 0.410 e. The van der Waals surface area contributed by atoms with Crippen molar-refractivity contribution < 1.29 is 19.0 Å². The summed E-state index contributed by atoms with van der Waals surface area (Å²) in [6, 6.07) is 0.495. The van der Waals surface area contributed by atoms with Crippen molar-refractivity contribution in [3.63, 3.8) is 0 Å². The molecule has 2 atom stereocenters. The van der Waals surface area contributed by atoms with Gasteiger partial charge in [0.2, 0.25) is 5.88 Å². The zero-order valence-corrected chi connectivity index (χ0v) is 20.6. The Labute approximate surface area is 193 Å². The van der Waals surface area contributed by atoms with E-state index in [0.717, 1.165) is 61.7 Å². The van der Waals surface area contributed by atoms with Crippen LogP contribution in [0.1, 0.15) is 77.8 Å². The van der Waals surface area contributed by atoms with Crippen molar-refractivity contribution in [2.24, 2.45) is 0 Å². The van der Waals surface area contributed by atoms with Crippen molar-refractivity contribution in [1.82, 2.24) is 14.9 Å². The van der Waals surface area contributed by atoms with Crippen LogP contribution in [0.15, 0.2) is 10.8 Å². The van der Waals surface area contributed by atoms with Crippen LogP contribution >= 0.6 is 15.9 Å². The molecule has 0 N–H and O–H groups in total. The molecule has 0 unspecified atom stereocenters. The zero-order chi connectivity index (χ0) is 22.2. The van der Waals surface area contributed by atoms with Gasteiger partial charge in [-0.05, 0) is 95.0 Å². The number of rotatable bonds is 4. The third-order valence-corrected chi connectivity index (χ3v) is 6.83. The van der Waals surface area contributed by atoms with Gasteiger partial charge >= 0.3 is 6.09 Å². The Bertz CT molecular complexity index is 778. The number of carbonyl (C=O) groups excluding carboxylic acids is 1. The average molecular weight is 496 g/mol. The van der Waals surface area contributed by atoms with Gasteiger partial charge in [0.15, 0.2) is 0 Å². The Morgan fingerprint density at radius 2 is 1.65 bits per heavy atom. The maximum absolute atomic E-state index is 12.6. The molecule has 0 spiro atoms. The topological polar surface area (TPSA) is 73.8 Å². The summed E-state index contributed by atoms with van der Waals surface area (Å²) in [5, 5.41) is 0. The molecule has 1 aliphatic carbocycles.